The second-order valence-electron chi connectivity index (χ2n) is 5.49. The lowest BCUT2D eigenvalue weighted by Crippen LogP contribution is -2.31. The van der Waals surface area contributed by atoms with Crippen molar-refractivity contribution in [2.24, 2.45) is 11.8 Å². The van der Waals surface area contributed by atoms with Crippen LogP contribution in [0.25, 0.3) is 0 Å². The van der Waals surface area contributed by atoms with Gasteiger partial charge in [0.1, 0.15) is 0 Å². The minimum absolute atomic E-state index is 0.101. The number of carbonyl (C=O) groups is 1. The summed E-state index contributed by atoms with van der Waals surface area (Å²) in [6.07, 6.45) is 1.35. The van der Waals surface area contributed by atoms with E-state index < -0.39 is 21.3 Å². The molecule has 1 unspecified atom stereocenters. The smallest absolute Gasteiger partial charge is 0.326 e. The normalized spacial score (nSPS) is 13.8. The monoisotopic (exact) mass is 294 g/mol. The van der Waals surface area contributed by atoms with E-state index >= 15 is 0 Å². The molecule has 0 aromatic carbocycles. The van der Waals surface area contributed by atoms with Crippen molar-refractivity contribution < 1.29 is 22.1 Å². The zero-order valence-corrected chi connectivity index (χ0v) is 13.3. The summed E-state index contributed by atoms with van der Waals surface area (Å²) in [5, 5.41) is -1.27. The summed E-state index contributed by atoms with van der Waals surface area (Å²) >= 11 is 0. The van der Waals surface area contributed by atoms with Crippen molar-refractivity contribution in [3.8, 4) is 0 Å². The van der Waals surface area contributed by atoms with E-state index in [1.807, 2.05) is 27.7 Å². The fourth-order valence-corrected chi connectivity index (χ4v) is 1.97. The molecule has 0 saturated carbocycles. The maximum absolute atomic E-state index is 11.7. The first-order valence-electron chi connectivity index (χ1n) is 6.71. The lowest BCUT2D eigenvalue weighted by atomic mass is 10.1. The fourth-order valence-electron chi connectivity index (χ4n) is 1.13. The van der Waals surface area contributed by atoms with Gasteiger partial charge in [-0.3, -0.25) is 8.98 Å². The van der Waals surface area contributed by atoms with Gasteiger partial charge < -0.3 is 4.74 Å². The van der Waals surface area contributed by atoms with Crippen LogP contribution in [0.15, 0.2) is 0 Å². The lowest BCUT2D eigenvalue weighted by Gasteiger charge is -2.13. The van der Waals surface area contributed by atoms with Gasteiger partial charge in [-0.1, -0.05) is 27.7 Å². The second-order valence-corrected chi connectivity index (χ2v) is 7.42. The zero-order chi connectivity index (χ0) is 15.1. The Balaban J connectivity index is 4.21. The Morgan fingerprint density at radius 2 is 1.42 bits per heavy atom. The largest absolute Gasteiger partial charge is 0.465 e. The van der Waals surface area contributed by atoms with Crippen LogP contribution < -0.4 is 0 Å². The van der Waals surface area contributed by atoms with Crippen LogP contribution in [-0.4, -0.2) is 32.9 Å². The van der Waals surface area contributed by atoms with E-state index in [1.54, 1.807) is 0 Å². The highest BCUT2D eigenvalue weighted by Crippen LogP contribution is 2.10. The first kappa shape index (κ1) is 18.4. The van der Waals surface area contributed by atoms with Crippen LogP contribution in [0.2, 0.25) is 0 Å². The number of carbonyl (C=O) groups excluding carboxylic acids is 1. The summed E-state index contributed by atoms with van der Waals surface area (Å²) in [5.41, 5.74) is 0. The highest BCUT2D eigenvalue weighted by Gasteiger charge is 2.30. The van der Waals surface area contributed by atoms with Crippen LogP contribution in [0.5, 0.6) is 0 Å². The zero-order valence-electron chi connectivity index (χ0n) is 12.5. The van der Waals surface area contributed by atoms with Gasteiger partial charge in [0.15, 0.2) is 5.25 Å². The van der Waals surface area contributed by atoms with Crippen LogP contribution in [0.1, 0.15) is 47.5 Å². The standard InChI is InChI=1S/C13H26O5S/c1-10(2)6-8-17-13(14)12(5)19(15,16)18-9-7-11(3)4/h10-12H,6-9H2,1-5H3. The Morgan fingerprint density at radius 1 is 0.947 bits per heavy atom. The van der Waals surface area contributed by atoms with Crippen LogP contribution >= 0.6 is 0 Å². The number of hydrogen-bond acceptors (Lipinski definition) is 5. The highest BCUT2D eigenvalue weighted by molar-refractivity contribution is 7.88. The summed E-state index contributed by atoms with van der Waals surface area (Å²) in [6.45, 7) is 9.58. The van der Waals surface area contributed by atoms with Crippen molar-refractivity contribution in [2.75, 3.05) is 13.2 Å². The maximum Gasteiger partial charge on any atom is 0.326 e. The first-order chi connectivity index (χ1) is 8.66. The van der Waals surface area contributed by atoms with Crippen LogP contribution in [-0.2, 0) is 23.8 Å². The average molecular weight is 294 g/mol. The third-order valence-corrected chi connectivity index (χ3v) is 4.20. The second kappa shape index (κ2) is 8.53. The molecule has 114 valence electrons. The Bertz CT molecular complexity index is 359. The van der Waals surface area contributed by atoms with Gasteiger partial charge in [-0.05, 0) is 31.6 Å². The number of esters is 1. The molecule has 0 bridgehead atoms. The molecule has 0 amide bonds. The Kier molecular flexibility index (Phi) is 8.25. The Labute approximate surface area is 116 Å². The summed E-state index contributed by atoms with van der Waals surface area (Å²) in [5.74, 6) is 0.00991. The molecule has 0 aromatic heterocycles. The predicted octanol–water partition coefficient (Wildman–Crippen LogP) is 2.36. The first-order valence-corrected chi connectivity index (χ1v) is 8.18. The number of hydrogen-bond donors (Lipinski definition) is 0. The molecule has 0 rings (SSSR count). The van der Waals surface area contributed by atoms with E-state index in [0.717, 1.165) is 0 Å². The van der Waals surface area contributed by atoms with E-state index in [9.17, 15) is 13.2 Å². The van der Waals surface area contributed by atoms with Crippen molar-refractivity contribution in [3.05, 3.63) is 0 Å². The third-order valence-electron chi connectivity index (χ3n) is 2.65. The highest BCUT2D eigenvalue weighted by atomic mass is 32.2. The van der Waals surface area contributed by atoms with Gasteiger partial charge in [0.25, 0.3) is 10.1 Å². The van der Waals surface area contributed by atoms with Crippen molar-refractivity contribution in [1.29, 1.82) is 0 Å². The van der Waals surface area contributed by atoms with Gasteiger partial charge in [-0.2, -0.15) is 8.42 Å². The molecule has 19 heavy (non-hydrogen) atoms. The third kappa shape index (κ3) is 8.21. The molecular weight excluding hydrogens is 268 g/mol. The summed E-state index contributed by atoms with van der Waals surface area (Å²) in [6, 6.07) is 0. The molecule has 0 N–H and O–H groups in total. The minimum atomic E-state index is -3.88. The van der Waals surface area contributed by atoms with Gasteiger partial charge in [0.05, 0.1) is 13.2 Å². The van der Waals surface area contributed by atoms with E-state index in [0.29, 0.717) is 24.7 Å². The van der Waals surface area contributed by atoms with Crippen LogP contribution in [0.4, 0.5) is 0 Å². The topological polar surface area (TPSA) is 69.7 Å². The van der Waals surface area contributed by atoms with E-state index in [1.165, 1.54) is 6.92 Å². The fraction of sp³-hybridized carbons (Fsp3) is 0.923. The summed E-state index contributed by atoms with van der Waals surface area (Å²) in [7, 11) is -3.88. The molecule has 0 fully saturated rings. The van der Waals surface area contributed by atoms with Crippen LogP contribution in [0, 0.1) is 11.8 Å². The molecular formula is C13H26O5S. The molecule has 0 aromatic rings. The number of rotatable bonds is 9. The Hall–Kier alpha value is -0.620. The van der Waals surface area contributed by atoms with E-state index in [4.69, 9.17) is 8.92 Å². The van der Waals surface area contributed by atoms with Crippen molar-refractivity contribution in [3.63, 3.8) is 0 Å². The SMILES string of the molecule is CC(C)CCOC(=O)C(C)S(=O)(=O)OCCC(C)C. The summed E-state index contributed by atoms with van der Waals surface area (Å²) in [4.78, 5) is 11.6. The van der Waals surface area contributed by atoms with Gasteiger partial charge in [-0.25, -0.2) is 0 Å². The van der Waals surface area contributed by atoms with Gasteiger partial charge in [-0.15, -0.1) is 0 Å². The minimum Gasteiger partial charge on any atom is -0.465 e. The molecule has 0 aliphatic rings. The molecule has 0 aliphatic carbocycles. The predicted molar refractivity (Wildman–Crippen MR) is 74.2 cm³/mol. The van der Waals surface area contributed by atoms with E-state index in [2.05, 4.69) is 0 Å². The molecule has 0 aliphatic heterocycles. The molecule has 0 radical (unpaired) electrons. The van der Waals surface area contributed by atoms with E-state index in [-0.39, 0.29) is 13.2 Å². The Morgan fingerprint density at radius 3 is 1.89 bits per heavy atom. The van der Waals surface area contributed by atoms with Gasteiger partial charge >= 0.3 is 5.97 Å². The summed E-state index contributed by atoms with van der Waals surface area (Å²) < 4.78 is 33.2. The molecule has 1 atom stereocenters. The van der Waals surface area contributed by atoms with Gasteiger partial charge in [0.2, 0.25) is 0 Å². The molecule has 5 nitrogen and oxygen atoms in total. The molecule has 0 heterocycles. The molecule has 0 saturated heterocycles. The maximum atomic E-state index is 11.7. The van der Waals surface area contributed by atoms with Crippen molar-refractivity contribution in [1.82, 2.24) is 0 Å². The molecule has 6 heteroatoms. The molecule has 0 spiro atoms. The van der Waals surface area contributed by atoms with Crippen molar-refractivity contribution in [2.45, 2.75) is 52.7 Å². The van der Waals surface area contributed by atoms with Crippen LogP contribution in [0.3, 0.4) is 0 Å². The quantitative estimate of drug-likeness (QED) is 0.482. The number of ether oxygens (including phenoxy) is 1. The van der Waals surface area contributed by atoms with Crippen molar-refractivity contribution >= 4 is 16.1 Å². The van der Waals surface area contributed by atoms with Gasteiger partial charge in [0, 0.05) is 0 Å². The average Bonchev–Trinajstić information content (AvgIpc) is 2.26. The lowest BCUT2D eigenvalue weighted by molar-refractivity contribution is -0.143.